The van der Waals surface area contributed by atoms with Crippen molar-refractivity contribution in [2.75, 3.05) is 11.1 Å². The highest BCUT2D eigenvalue weighted by Gasteiger charge is 2.18. The Hall–Kier alpha value is -2.81. The standard InChI is InChI=1S/C19H19F2N5OS/c1-12(2)10-26-18(13-6-8-22-9-7-13)24-25-19(26)28-11-16(27)23-17-14(20)4-3-5-15(17)21/h3-9,12H,10-11H2,1-2H3,(H,23,27). The lowest BCUT2D eigenvalue weighted by Crippen LogP contribution is -2.17. The van der Waals surface area contributed by atoms with Gasteiger partial charge in [-0.05, 0) is 30.2 Å². The van der Waals surface area contributed by atoms with Gasteiger partial charge < -0.3 is 9.88 Å². The summed E-state index contributed by atoms with van der Waals surface area (Å²) < 4.78 is 29.3. The highest BCUT2D eigenvalue weighted by molar-refractivity contribution is 7.99. The van der Waals surface area contributed by atoms with E-state index in [1.807, 2.05) is 16.7 Å². The Balaban J connectivity index is 1.75. The Kier molecular flexibility index (Phi) is 6.35. The second kappa shape index (κ2) is 8.92. The number of para-hydroxylation sites is 1. The molecule has 0 saturated heterocycles. The lowest BCUT2D eigenvalue weighted by molar-refractivity contribution is -0.113. The third-order valence-electron chi connectivity index (χ3n) is 3.76. The van der Waals surface area contributed by atoms with Crippen molar-refractivity contribution >= 4 is 23.4 Å². The SMILES string of the molecule is CC(C)Cn1c(SCC(=O)Nc2c(F)cccc2F)nnc1-c1ccncc1. The van der Waals surface area contributed by atoms with Crippen LogP contribution in [0, 0.1) is 17.6 Å². The van der Waals surface area contributed by atoms with E-state index in [2.05, 4.69) is 34.3 Å². The molecule has 2 heterocycles. The van der Waals surface area contributed by atoms with Gasteiger partial charge in [0, 0.05) is 24.5 Å². The Morgan fingerprint density at radius 3 is 2.46 bits per heavy atom. The Morgan fingerprint density at radius 1 is 1.14 bits per heavy atom. The summed E-state index contributed by atoms with van der Waals surface area (Å²) in [5, 5.41) is 11.3. The summed E-state index contributed by atoms with van der Waals surface area (Å²) in [5.41, 5.74) is 0.419. The van der Waals surface area contributed by atoms with Crippen LogP contribution >= 0.6 is 11.8 Å². The van der Waals surface area contributed by atoms with E-state index >= 15 is 0 Å². The van der Waals surface area contributed by atoms with Gasteiger partial charge in [-0.3, -0.25) is 9.78 Å². The van der Waals surface area contributed by atoms with E-state index in [0.717, 1.165) is 29.5 Å². The quantitative estimate of drug-likeness (QED) is 0.604. The van der Waals surface area contributed by atoms with E-state index in [4.69, 9.17) is 0 Å². The van der Waals surface area contributed by atoms with Gasteiger partial charge in [-0.25, -0.2) is 8.78 Å². The Morgan fingerprint density at radius 2 is 1.82 bits per heavy atom. The van der Waals surface area contributed by atoms with Crippen molar-refractivity contribution in [3.8, 4) is 11.4 Å². The van der Waals surface area contributed by atoms with Gasteiger partial charge in [-0.2, -0.15) is 0 Å². The smallest absolute Gasteiger partial charge is 0.235 e. The van der Waals surface area contributed by atoms with Crippen molar-refractivity contribution in [3.05, 3.63) is 54.4 Å². The van der Waals surface area contributed by atoms with Crippen molar-refractivity contribution in [1.82, 2.24) is 19.7 Å². The number of nitrogens with one attached hydrogen (secondary N) is 1. The van der Waals surface area contributed by atoms with Crippen LogP contribution in [0.15, 0.2) is 47.9 Å². The first-order valence-electron chi connectivity index (χ1n) is 8.66. The largest absolute Gasteiger partial charge is 0.320 e. The molecule has 6 nitrogen and oxygen atoms in total. The van der Waals surface area contributed by atoms with Gasteiger partial charge in [-0.15, -0.1) is 10.2 Å². The van der Waals surface area contributed by atoms with E-state index in [9.17, 15) is 13.6 Å². The predicted octanol–water partition coefficient (Wildman–Crippen LogP) is 4.01. The summed E-state index contributed by atoms with van der Waals surface area (Å²) in [7, 11) is 0. The van der Waals surface area contributed by atoms with Crippen molar-refractivity contribution in [2.45, 2.75) is 25.5 Å². The molecule has 146 valence electrons. The number of amides is 1. The molecule has 0 aliphatic rings. The maximum absolute atomic E-state index is 13.7. The van der Waals surface area contributed by atoms with Crippen molar-refractivity contribution in [2.24, 2.45) is 5.92 Å². The number of halogens is 2. The van der Waals surface area contributed by atoms with Crippen LogP contribution in [0.3, 0.4) is 0 Å². The average molecular weight is 403 g/mol. The molecule has 0 unspecified atom stereocenters. The van der Waals surface area contributed by atoms with Crippen molar-refractivity contribution < 1.29 is 13.6 Å². The van der Waals surface area contributed by atoms with Gasteiger partial charge in [0.05, 0.1) is 5.75 Å². The van der Waals surface area contributed by atoms with Gasteiger partial charge in [0.2, 0.25) is 5.91 Å². The van der Waals surface area contributed by atoms with Crippen LogP contribution in [0.2, 0.25) is 0 Å². The van der Waals surface area contributed by atoms with Crippen LogP contribution in [0.25, 0.3) is 11.4 Å². The number of carbonyl (C=O) groups is 1. The molecule has 0 fully saturated rings. The molecule has 0 bridgehead atoms. The minimum absolute atomic E-state index is 0.0552. The van der Waals surface area contributed by atoms with Gasteiger partial charge in [0.1, 0.15) is 17.3 Å². The van der Waals surface area contributed by atoms with Crippen LogP contribution in [0.1, 0.15) is 13.8 Å². The third kappa shape index (κ3) is 4.72. The minimum Gasteiger partial charge on any atom is -0.320 e. The van der Waals surface area contributed by atoms with Crippen LogP contribution in [0.4, 0.5) is 14.5 Å². The van der Waals surface area contributed by atoms with Gasteiger partial charge in [0.25, 0.3) is 0 Å². The first-order chi connectivity index (χ1) is 13.5. The number of rotatable bonds is 7. The van der Waals surface area contributed by atoms with E-state index in [-0.39, 0.29) is 5.75 Å². The molecular weight excluding hydrogens is 384 g/mol. The summed E-state index contributed by atoms with van der Waals surface area (Å²) in [5.74, 6) is -1.21. The number of carbonyl (C=O) groups excluding carboxylic acids is 1. The highest BCUT2D eigenvalue weighted by Crippen LogP contribution is 2.25. The second-order valence-electron chi connectivity index (χ2n) is 6.48. The fourth-order valence-corrected chi connectivity index (χ4v) is 3.31. The molecule has 3 aromatic rings. The zero-order chi connectivity index (χ0) is 20.1. The topological polar surface area (TPSA) is 72.7 Å². The lowest BCUT2D eigenvalue weighted by Gasteiger charge is -2.12. The molecular formula is C19H19F2N5OS. The van der Waals surface area contributed by atoms with Gasteiger partial charge in [-0.1, -0.05) is 31.7 Å². The Bertz CT molecular complexity index is 942. The van der Waals surface area contributed by atoms with Crippen molar-refractivity contribution in [1.29, 1.82) is 0 Å². The number of pyridine rings is 1. The summed E-state index contributed by atoms with van der Waals surface area (Å²) in [6.07, 6.45) is 3.35. The second-order valence-corrected chi connectivity index (χ2v) is 7.42. The normalized spacial score (nSPS) is 11.0. The van der Waals surface area contributed by atoms with Gasteiger partial charge >= 0.3 is 0 Å². The van der Waals surface area contributed by atoms with Crippen LogP contribution < -0.4 is 5.32 Å². The first kappa shape index (κ1) is 19.9. The summed E-state index contributed by atoms with van der Waals surface area (Å²) >= 11 is 1.16. The van der Waals surface area contributed by atoms with Crippen LogP contribution in [0.5, 0.6) is 0 Å². The maximum Gasteiger partial charge on any atom is 0.235 e. The average Bonchev–Trinajstić information content (AvgIpc) is 3.06. The molecule has 9 heteroatoms. The van der Waals surface area contributed by atoms with E-state index in [0.29, 0.717) is 23.4 Å². The van der Waals surface area contributed by atoms with Crippen LogP contribution in [-0.2, 0) is 11.3 Å². The molecule has 0 spiro atoms. The zero-order valence-corrected chi connectivity index (χ0v) is 16.2. The number of anilines is 1. The number of benzene rings is 1. The molecule has 28 heavy (non-hydrogen) atoms. The van der Waals surface area contributed by atoms with E-state index < -0.39 is 23.2 Å². The Labute approximate surface area is 165 Å². The summed E-state index contributed by atoms with van der Waals surface area (Å²) in [4.78, 5) is 16.2. The third-order valence-corrected chi connectivity index (χ3v) is 4.73. The van der Waals surface area contributed by atoms with Crippen LogP contribution in [-0.4, -0.2) is 31.4 Å². The van der Waals surface area contributed by atoms with Gasteiger partial charge in [0.15, 0.2) is 11.0 Å². The zero-order valence-electron chi connectivity index (χ0n) is 15.4. The summed E-state index contributed by atoms with van der Waals surface area (Å²) in [6.45, 7) is 4.80. The highest BCUT2D eigenvalue weighted by atomic mass is 32.2. The molecule has 1 amide bonds. The lowest BCUT2D eigenvalue weighted by atomic mass is 10.2. The van der Waals surface area contributed by atoms with Crippen molar-refractivity contribution in [3.63, 3.8) is 0 Å². The maximum atomic E-state index is 13.7. The number of nitrogens with zero attached hydrogens (tertiary/aromatic N) is 4. The first-order valence-corrected chi connectivity index (χ1v) is 9.64. The molecule has 0 aliphatic heterocycles. The molecule has 0 radical (unpaired) electrons. The monoisotopic (exact) mass is 403 g/mol. The molecule has 0 atom stereocenters. The number of hydrogen-bond acceptors (Lipinski definition) is 5. The molecule has 3 rings (SSSR count). The molecule has 0 saturated carbocycles. The number of thioether (sulfide) groups is 1. The summed E-state index contributed by atoms with van der Waals surface area (Å²) in [6, 6.07) is 7.09. The minimum atomic E-state index is -0.818. The van der Waals surface area contributed by atoms with E-state index in [1.54, 1.807) is 12.4 Å². The number of hydrogen-bond donors (Lipinski definition) is 1. The molecule has 2 aromatic heterocycles. The predicted molar refractivity (Wildman–Crippen MR) is 104 cm³/mol. The molecule has 1 N–H and O–H groups in total. The number of aromatic nitrogens is 4. The molecule has 0 aliphatic carbocycles. The molecule has 1 aromatic carbocycles. The fraction of sp³-hybridized carbons (Fsp3) is 0.263. The van der Waals surface area contributed by atoms with E-state index in [1.165, 1.54) is 6.07 Å². The fourth-order valence-electron chi connectivity index (χ4n) is 2.56.